The molecular weight excluding hydrogens is 221 g/mol. The number of nitrogens with two attached hydrogens (primary N) is 1. The van der Waals surface area contributed by atoms with Gasteiger partial charge < -0.3 is 5.73 Å². The summed E-state index contributed by atoms with van der Waals surface area (Å²) in [5, 5.41) is 0. The van der Waals surface area contributed by atoms with E-state index in [1.54, 1.807) is 6.07 Å². The fourth-order valence-electron chi connectivity index (χ4n) is 1.37. The van der Waals surface area contributed by atoms with Crippen LogP contribution in [0, 0.1) is 0 Å². The molecule has 1 aromatic carbocycles. The summed E-state index contributed by atoms with van der Waals surface area (Å²) in [4.78, 5) is 0. The van der Waals surface area contributed by atoms with E-state index in [0.717, 1.165) is 4.47 Å². The molecule has 0 aromatic heterocycles. The Morgan fingerprint density at radius 3 is 2.58 bits per heavy atom. The predicted molar refractivity (Wildman–Crippen MR) is 49.5 cm³/mol. The molecule has 2 N–H and O–H groups in total. The van der Waals surface area contributed by atoms with Gasteiger partial charge in [-0.25, -0.2) is 4.39 Å². The third-order valence-electron chi connectivity index (χ3n) is 2.27. The van der Waals surface area contributed by atoms with Gasteiger partial charge in [0.15, 0.2) is 5.67 Å². The molecule has 2 unspecified atom stereocenters. The zero-order valence-electron chi connectivity index (χ0n) is 6.43. The SMILES string of the molecule is NC1CC1(F)c1ccccc1Br. The van der Waals surface area contributed by atoms with Gasteiger partial charge in [0.1, 0.15) is 0 Å². The van der Waals surface area contributed by atoms with E-state index in [1.165, 1.54) is 0 Å². The van der Waals surface area contributed by atoms with Crippen molar-refractivity contribution in [3.63, 3.8) is 0 Å². The number of alkyl halides is 1. The molecule has 1 fully saturated rings. The minimum atomic E-state index is -1.28. The fraction of sp³-hybridized carbons (Fsp3) is 0.333. The van der Waals surface area contributed by atoms with Crippen molar-refractivity contribution in [3.8, 4) is 0 Å². The first-order valence-corrected chi connectivity index (χ1v) is 4.63. The van der Waals surface area contributed by atoms with E-state index >= 15 is 0 Å². The van der Waals surface area contributed by atoms with Crippen LogP contribution < -0.4 is 5.73 Å². The fourth-order valence-corrected chi connectivity index (χ4v) is 1.98. The van der Waals surface area contributed by atoms with Crippen LogP contribution in [0.3, 0.4) is 0 Å². The molecule has 12 heavy (non-hydrogen) atoms. The summed E-state index contributed by atoms with van der Waals surface area (Å²) < 4.78 is 14.5. The first kappa shape index (κ1) is 8.20. The molecule has 1 saturated carbocycles. The number of hydrogen-bond donors (Lipinski definition) is 1. The van der Waals surface area contributed by atoms with E-state index in [0.29, 0.717) is 12.0 Å². The highest BCUT2D eigenvalue weighted by Crippen LogP contribution is 2.50. The molecule has 0 spiro atoms. The third-order valence-corrected chi connectivity index (χ3v) is 2.96. The standard InChI is InChI=1S/C9H9BrFN/c10-7-4-2-1-3-6(7)9(11)5-8(9)12/h1-4,8H,5,12H2. The maximum Gasteiger partial charge on any atom is 0.153 e. The highest BCUT2D eigenvalue weighted by molar-refractivity contribution is 9.10. The van der Waals surface area contributed by atoms with E-state index in [-0.39, 0.29) is 6.04 Å². The van der Waals surface area contributed by atoms with Gasteiger partial charge in [0.25, 0.3) is 0 Å². The van der Waals surface area contributed by atoms with Crippen LogP contribution in [0.1, 0.15) is 12.0 Å². The number of rotatable bonds is 1. The molecule has 2 rings (SSSR count). The molecule has 3 heteroatoms. The van der Waals surface area contributed by atoms with Crippen molar-refractivity contribution in [1.29, 1.82) is 0 Å². The Kier molecular flexibility index (Phi) is 1.73. The predicted octanol–water partition coefficient (Wildman–Crippen LogP) is 2.34. The van der Waals surface area contributed by atoms with Crippen molar-refractivity contribution in [2.24, 2.45) is 5.73 Å². The summed E-state index contributed by atoms with van der Waals surface area (Å²) in [5.74, 6) is 0. The Morgan fingerprint density at radius 1 is 1.50 bits per heavy atom. The molecule has 0 aliphatic heterocycles. The Morgan fingerprint density at radius 2 is 2.08 bits per heavy atom. The minimum absolute atomic E-state index is 0.323. The number of benzene rings is 1. The van der Waals surface area contributed by atoms with Crippen molar-refractivity contribution in [3.05, 3.63) is 34.3 Å². The third kappa shape index (κ3) is 1.08. The largest absolute Gasteiger partial charge is 0.325 e. The van der Waals surface area contributed by atoms with Gasteiger partial charge in [-0.2, -0.15) is 0 Å². The van der Waals surface area contributed by atoms with Crippen LogP contribution in [0.2, 0.25) is 0 Å². The zero-order chi connectivity index (χ0) is 8.77. The van der Waals surface area contributed by atoms with Gasteiger partial charge in [0.2, 0.25) is 0 Å². The van der Waals surface area contributed by atoms with Crippen molar-refractivity contribution >= 4 is 15.9 Å². The first-order valence-electron chi connectivity index (χ1n) is 3.84. The Bertz CT molecular complexity index is 315. The molecular formula is C9H9BrFN. The molecule has 0 heterocycles. The minimum Gasteiger partial charge on any atom is -0.325 e. The van der Waals surface area contributed by atoms with Gasteiger partial charge in [0.05, 0.1) is 0 Å². The number of hydrogen-bond acceptors (Lipinski definition) is 1. The topological polar surface area (TPSA) is 26.0 Å². The lowest BCUT2D eigenvalue weighted by Crippen LogP contribution is -2.13. The lowest BCUT2D eigenvalue weighted by atomic mass is 10.1. The maximum atomic E-state index is 13.7. The molecule has 0 bridgehead atoms. The number of halogens is 2. The average molecular weight is 230 g/mol. The molecule has 1 aromatic rings. The normalized spacial score (nSPS) is 33.4. The van der Waals surface area contributed by atoms with Crippen LogP contribution in [0.25, 0.3) is 0 Å². The van der Waals surface area contributed by atoms with Crippen LogP contribution in [-0.4, -0.2) is 6.04 Å². The van der Waals surface area contributed by atoms with Gasteiger partial charge in [0, 0.05) is 22.5 Å². The van der Waals surface area contributed by atoms with Crippen molar-refractivity contribution in [1.82, 2.24) is 0 Å². The molecule has 0 radical (unpaired) electrons. The summed E-state index contributed by atoms with van der Waals surface area (Å²) in [5.41, 5.74) is 4.91. The van der Waals surface area contributed by atoms with E-state index in [1.807, 2.05) is 18.2 Å². The first-order chi connectivity index (χ1) is 5.64. The van der Waals surface area contributed by atoms with Crippen molar-refractivity contribution in [2.45, 2.75) is 18.1 Å². The summed E-state index contributed by atoms with van der Waals surface area (Å²) in [6.45, 7) is 0. The van der Waals surface area contributed by atoms with E-state index in [2.05, 4.69) is 15.9 Å². The van der Waals surface area contributed by atoms with Crippen LogP contribution in [-0.2, 0) is 5.67 Å². The summed E-state index contributed by atoms with van der Waals surface area (Å²) in [6.07, 6.45) is 0.440. The Labute approximate surface area is 78.9 Å². The molecule has 1 nitrogen and oxygen atoms in total. The zero-order valence-corrected chi connectivity index (χ0v) is 8.01. The molecule has 1 aliphatic rings. The van der Waals surface area contributed by atoms with Crippen LogP contribution >= 0.6 is 15.9 Å². The smallest absolute Gasteiger partial charge is 0.153 e. The second-order valence-electron chi connectivity index (χ2n) is 3.15. The van der Waals surface area contributed by atoms with Crippen LogP contribution in [0.5, 0.6) is 0 Å². The summed E-state index contributed by atoms with van der Waals surface area (Å²) >= 11 is 3.30. The summed E-state index contributed by atoms with van der Waals surface area (Å²) in [7, 11) is 0. The van der Waals surface area contributed by atoms with Gasteiger partial charge in [-0.3, -0.25) is 0 Å². The molecule has 64 valence electrons. The lowest BCUT2D eigenvalue weighted by molar-refractivity contribution is 0.305. The van der Waals surface area contributed by atoms with Gasteiger partial charge in [-0.05, 0) is 6.07 Å². The van der Waals surface area contributed by atoms with Gasteiger partial charge in [-0.1, -0.05) is 34.1 Å². The monoisotopic (exact) mass is 229 g/mol. The quantitative estimate of drug-likeness (QED) is 0.787. The highest BCUT2D eigenvalue weighted by atomic mass is 79.9. The van der Waals surface area contributed by atoms with Gasteiger partial charge in [-0.15, -0.1) is 0 Å². The second-order valence-corrected chi connectivity index (χ2v) is 4.01. The second kappa shape index (κ2) is 2.54. The lowest BCUT2D eigenvalue weighted by Gasteiger charge is -2.07. The van der Waals surface area contributed by atoms with E-state index < -0.39 is 5.67 Å². The molecule has 0 amide bonds. The van der Waals surface area contributed by atoms with E-state index in [4.69, 9.17) is 5.73 Å². The van der Waals surface area contributed by atoms with Crippen LogP contribution in [0.15, 0.2) is 28.7 Å². The highest BCUT2D eigenvalue weighted by Gasteiger charge is 2.55. The van der Waals surface area contributed by atoms with Crippen molar-refractivity contribution in [2.75, 3.05) is 0 Å². The molecule has 2 atom stereocenters. The van der Waals surface area contributed by atoms with Gasteiger partial charge >= 0.3 is 0 Å². The Balaban J connectivity index is 2.41. The average Bonchev–Trinajstić information content (AvgIpc) is 2.61. The molecule has 0 saturated heterocycles. The maximum absolute atomic E-state index is 13.7. The van der Waals surface area contributed by atoms with E-state index in [9.17, 15) is 4.39 Å². The van der Waals surface area contributed by atoms with Crippen LogP contribution in [0.4, 0.5) is 4.39 Å². The Hall–Kier alpha value is -0.410. The summed E-state index contributed by atoms with van der Waals surface area (Å²) in [6, 6.07) is 6.98. The molecule has 1 aliphatic carbocycles. The van der Waals surface area contributed by atoms with Crippen molar-refractivity contribution < 1.29 is 4.39 Å².